The lowest BCUT2D eigenvalue weighted by molar-refractivity contribution is -0.132. The van der Waals surface area contributed by atoms with E-state index in [-0.39, 0.29) is 23.5 Å². The van der Waals surface area contributed by atoms with Gasteiger partial charge >= 0.3 is 0 Å². The van der Waals surface area contributed by atoms with E-state index in [1.165, 1.54) is 0 Å². The molecule has 7 heteroatoms. The van der Waals surface area contributed by atoms with Gasteiger partial charge in [0.05, 0.1) is 17.2 Å². The monoisotopic (exact) mass is 335 g/mol. The Morgan fingerprint density at radius 1 is 1.43 bits per heavy atom. The number of carbonyl (C=O) groups is 1. The number of hydrogen-bond donors (Lipinski definition) is 0. The van der Waals surface area contributed by atoms with Gasteiger partial charge < -0.3 is 9.30 Å². The molecule has 1 saturated heterocycles. The second-order valence-corrected chi connectivity index (χ2v) is 8.16. The van der Waals surface area contributed by atoms with Crippen molar-refractivity contribution in [3.05, 3.63) is 36.3 Å². The average molecular weight is 335 g/mol. The molecule has 1 aliphatic heterocycles. The van der Waals surface area contributed by atoms with Gasteiger partial charge in [-0.2, -0.15) is 0 Å². The molecule has 0 aromatic carbocycles. The molecule has 1 fully saturated rings. The summed E-state index contributed by atoms with van der Waals surface area (Å²) < 4.78 is 25.2. The molecule has 6 nitrogen and oxygen atoms in total. The van der Waals surface area contributed by atoms with Crippen LogP contribution in [0.25, 0.3) is 5.65 Å². The van der Waals surface area contributed by atoms with Crippen LogP contribution in [0.1, 0.15) is 25.5 Å². The van der Waals surface area contributed by atoms with Crippen LogP contribution in [0.2, 0.25) is 0 Å². The fourth-order valence-corrected chi connectivity index (χ4v) is 4.88. The fraction of sp³-hybridized carbons (Fsp3) is 0.500. The third-order valence-electron chi connectivity index (χ3n) is 4.32. The normalized spacial score (nSPS) is 20.0. The molecule has 1 unspecified atom stereocenters. The van der Waals surface area contributed by atoms with Gasteiger partial charge in [0.15, 0.2) is 9.84 Å². The maximum Gasteiger partial charge on any atom is 0.223 e. The van der Waals surface area contributed by atoms with Gasteiger partial charge in [-0.15, -0.1) is 0 Å². The molecule has 0 saturated carbocycles. The van der Waals surface area contributed by atoms with Crippen molar-refractivity contribution in [1.82, 2.24) is 14.3 Å². The number of imidazole rings is 1. The van der Waals surface area contributed by atoms with E-state index in [0.717, 1.165) is 11.3 Å². The van der Waals surface area contributed by atoms with E-state index in [0.29, 0.717) is 25.8 Å². The van der Waals surface area contributed by atoms with Crippen LogP contribution in [0.3, 0.4) is 0 Å². The highest BCUT2D eigenvalue weighted by molar-refractivity contribution is 7.91. The minimum Gasteiger partial charge on any atom is -0.339 e. The Bertz CT molecular complexity index is 780. The highest BCUT2D eigenvalue weighted by atomic mass is 32.2. The lowest BCUT2D eigenvalue weighted by atomic mass is 10.1. The minimum atomic E-state index is -2.98. The highest BCUT2D eigenvalue weighted by Crippen LogP contribution is 2.19. The van der Waals surface area contributed by atoms with Crippen LogP contribution >= 0.6 is 0 Å². The molecule has 3 rings (SSSR count). The molecule has 1 aliphatic rings. The maximum atomic E-state index is 12.5. The van der Waals surface area contributed by atoms with Crippen LogP contribution in [0.15, 0.2) is 30.6 Å². The predicted molar refractivity (Wildman–Crippen MR) is 88.0 cm³/mol. The van der Waals surface area contributed by atoms with E-state index in [1.807, 2.05) is 41.9 Å². The lowest BCUT2D eigenvalue weighted by Gasteiger charge is -2.26. The number of amides is 1. The number of aryl methyl sites for hydroxylation is 1. The fourth-order valence-electron chi connectivity index (χ4n) is 3.15. The van der Waals surface area contributed by atoms with E-state index < -0.39 is 9.84 Å². The third-order valence-corrected chi connectivity index (χ3v) is 6.07. The molecule has 1 amide bonds. The summed E-state index contributed by atoms with van der Waals surface area (Å²) in [6.45, 7) is 2.44. The molecule has 0 spiro atoms. The second kappa shape index (κ2) is 6.31. The Kier molecular flexibility index (Phi) is 4.39. The van der Waals surface area contributed by atoms with Gasteiger partial charge in [0.2, 0.25) is 5.91 Å². The summed E-state index contributed by atoms with van der Waals surface area (Å²) in [6, 6.07) is 5.62. The first kappa shape index (κ1) is 16.0. The van der Waals surface area contributed by atoms with Crippen molar-refractivity contribution in [3.63, 3.8) is 0 Å². The number of sulfone groups is 1. The van der Waals surface area contributed by atoms with Crippen LogP contribution in [0.4, 0.5) is 0 Å². The highest BCUT2D eigenvalue weighted by Gasteiger charge is 2.33. The number of fused-ring (bicyclic) bond motifs is 1. The summed E-state index contributed by atoms with van der Waals surface area (Å²) in [5.41, 5.74) is 1.74. The first-order valence-corrected chi connectivity index (χ1v) is 9.73. The summed E-state index contributed by atoms with van der Waals surface area (Å²) in [7, 11) is -2.98. The Labute approximate surface area is 136 Å². The zero-order chi connectivity index (χ0) is 16.4. The standard InChI is InChI=1S/C16H21N3O3S/c1-2-19(14-8-10-23(21,22)12-14)16(20)7-6-13-11-18-9-4-3-5-15(18)17-13/h3-5,9,11,14H,2,6-8,10,12H2,1H3. The van der Waals surface area contributed by atoms with Crippen molar-refractivity contribution in [3.8, 4) is 0 Å². The molecule has 23 heavy (non-hydrogen) atoms. The number of carbonyl (C=O) groups excluding carboxylic acids is 1. The van der Waals surface area contributed by atoms with Crippen molar-refractivity contribution in [1.29, 1.82) is 0 Å². The maximum absolute atomic E-state index is 12.5. The van der Waals surface area contributed by atoms with Crippen LogP contribution in [0.5, 0.6) is 0 Å². The van der Waals surface area contributed by atoms with Gasteiger partial charge in [-0.25, -0.2) is 13.4 Å². The quantitative estimate of drug-likeness (QED) is 0.826. The molecule has 124 valence electrons. The summed E-state index contributed by atoms with van der Waals surface area (Å²) in [6.07, 6.45) is 5.33. The SMILES string of the molecule is CCN(C(=O)CCc1cn2ccccc2n1)C1CCS(=O)(=O)C1. The summed E-state index contributed by atoms with van der Waals surface area (Å²) in [5, 5.41) is 0. The molecule has 2 aromatic heterocycles. The van der Waals surface area contributed by atoms with Gasteiger partial charge in [-0.1, -0.05) is 6.07 Å². The predicted octanol–water partition coefficient (Wildman–Crippen LogP) is 1.30. The molecular formula is C16H21N3O3S. The van der Waals surface area contributed by atoms with Crippen LogP contribution in [0, 0.1) is 0 Å². The number of pyridine rings is 1. The van der Waals surface area contributed by atoms with Gasteiger partial charge in [0, 0.05) is 31.4 Å². The molecule has 0 aliphatic carbocycles. The zero-order valence-electron chi connectivity index (χ0n) is 13.2. The van der Waals surface area contributed by atoms with E-state index >= 15 is 0 Å². The summed E-state index contributed by atoms with van der Waals surface area (Å²) in [5.74, 6) is 0.293. The second-order valence-electron chi connectivity index (χ2n) is 5.93. The Balaban J connectivity index is 1.63. The molecule has 2 aromatic rings. The average Bonchev–Trinajstić information content (AvgIpc) is 3.08. The van der Waals surface area contributed by atoms with Gasteiger partial charge in [-0.05, 0) is 31.9 Å². The molecule has 0 bridgehead atoms. The summed E-state index contributed by atoms with van der Waals surface area (Å²) in [4.78, 5) is 18.7. The smallest absolute Gasteiger partial charge is 0.223 e. The number of aromatic nitrogens is 2. The zero-order valence-corrected chi connectivity index (χ0v) is 14.0. The number of rotatable bonds is 5. The minimum absolute atomic E-state index is 0.00616. The van der Waals surface area contributed by atoms with Crippen molar-refractivity contribution in [2.24, 2.45) is 0 Å². The first-order chi connectivity index (χ1) is 11.0. The molecule has 1 atom stereocenters. The molecule has 0 N–H and O–H groups in total. The Morgan fingerprint density at radius 3 is 2.91 bits per heavy atom. The number of nitrogens with zero attached hydrogens (tertiary/aromatic N) is 3. The Hall–Kier alpha value is -1.89. The topological polar surface area (TPSA) is 71.8 Å². The summed E-state index contributed by atoms with van der Waals surface area (Å²) >= 11 is 0. The van der Waals surface area contributed by atoms with Crippen molar-refractivity contribution in [2.45, 2.75) is 32.2 Å². The van der Waals surface area contributed by atoms with Crippen LogP contribution in [-0.4, -0.2) is 52.7 Å². The molecular weight excluding hydrogens is 314 g/mol. The van der Waals surface area contributed by atoms with E-state index in [1.54, 1.807) is 4.90 Å². The van der Waals surface area contributed by atoms with E-state index in [4.69, 9.17) is 0 Å². The van der Waals surface area contributed by atoms with Crippen molar-refractivity contribution in [2.75, 3.05) is 18.1 Å². The molecule has 3 heterocycles. The van der Waals surface area contributed by atoms with Crippen molar-refractivity contribution < 1.29 is 13.2 Å². The third kappa shape index (κ3) is 3.55. The van der Waals surface area contributed by atoms with Gasteiger partial charge in [-0.3, -0.25) is 4.79 Å². The Morgan fingerprint density at radius 2 is 2.26 bits per heavy atom. The van der Waals surface area contributed by atoms with Crippen LogP contribution < -0.4 is 0 Å². The van der Waals surface area contributed by atoms with Crippen LogP contribution in [-0.2, 0) is 21.1 Å². The lowest BCUT2D eigenvalue weighted by Crippen LogP contribution is -2.41. The van der Waals surface area contributed by atoms with Gasteiger partial charge in [0.1, 0.15) is 5.65 Å². The number of hydrogen-bond acceptors (Lipinski definition) is 4. The molecule has 0 radical (unpaired) electrons. The van der Waals surface area contributed by atoms with E-state index in [2.05, 4.69) is 4.98 Å². The first-order valence-electron chi connectivity index (χ1n) is 7.91. The largest absolute Gasteiger partial charge is 0.339 e. The van der Waals surface area contributed by atoms with Gasteiger partial charge in [0.25, 0.3) is 0 Å². The van der Waals surface area contributed by atoms with Crippen molar-refractivity contribution >= 4 is 21.4 Å². The van der Waals surface area contributed by atoms with E-state index in [9.17, 15) is 13.2 Å².